The minimum absolute atomic E-state index is 0.0200. The van der Waals surface area contributed by atoms with E-state index in [9.17, 15) is 4.79 Å². The van der Waals surface area contributed by atoms with Gasteiger partial charge in [0.25, 0.3) is 0 Å². The molecule has 1 amide bonds. The second-order valence-corrected chi connectivity index (χ2v) is 11.1. The average molecular weight is 560 g/mol. The van der Waals surface area contributed by atoms with Gasteiger partial charge in [-0.3, -0.25) is 14.3 Å². The predicted molar refractivity (Wildman–Crippen MR) is 163 cm³/mol. The smallest absolute Gasteiger partial charge is 0.246 e. The zero-order chi connectivity index (χ0) is 28.8. The van der Waals surface area contributed by atoms with Crippen LogP contribution in [0.25, 0.3) is 34.1 Å². The lowest BCUT2D eigenvalue weighted by Gasteiger charge is -2.40. The molecule has 1 unspecified atom stereocenters. The fourth-order valence-electron chi connectivity index (χ4n) is 6.49. The summed E-state index contributed by atoms with van der Waals surface area (Å²) in [4.78, 5) is 30.9. The maximum absolute atomic E-state index is 12.2. The summed E-state index contributed by atoms with van der Waals surface area (Å²) in [5, 5.41) is 4.37. The number of rotatable bonds is 6. The number of benzene rings is 1. The number of piperazine rings is 1. The van der Waals surface area contributed by atoms with Crippen molar-refractivity contribution < 1.29 is 4.79 Å². The number of pyridine rings is 2. The molecular formula is C32H33N9O. The summed E-state index contributed by atoms with van der Waals surface area (Å²) in [7, 11) is 0. The summed E-state index contributed by atoms with van der Waals surface area (Å²) >= 11 is 0. The Morgan fingerprint density at radius 2 is 2.02 bits per heavy atom. The van der Waals surface area contributed by atoms with Gasteiger partial charge in [0.05, 0.1) is 5.56 Å². The Morgan fingerprint density at radius 3 is 2.81 bits per heavy atom. The van der Waals surface area contributed by atoms with Gasteiger partial charge in [-0.15, -0.1) is 0 Å². The van der Waals surface area contributed by atoms with E-state index in [-0.39, 0.29) is 11.9 Å². The first kappa shape index (κ1) is 26.1. The highest BCUT2D eigenvalue weighted by molar-refractivity contribution is 5.87. The van der Waals surface area contributed by atoms with Crippen LogP contribution in [-0.2, 0) is 11.2 Å². The second-order valence-electron chi connectivity index (χ2n) is 11.1. The van der Waals surface area contributed by atoms with Crippen molar-refractivity contribution in [3.05, 3.63) is 90.9 Å². The van der Waals surface area contributed by atoms with Crippen molar-refractivity contribution in [1.29, 1.82) is 0 Å². The Kier molecular flexibility index (Phi) is 6.54. The highest BCUT2D eigenvalue weighted by Gasteiger charge is 2.30. The highest BCUT2D eigenvalue weighted by Crippen LogP contribution is 2.37. The number of hydrogen-bond donors (Lipinski definition) is 1. The fraction of sp³-hybridized carbons (Fsp3) is 0.281. The predicted octanol–water partition coefficient (Wildman–Crippen LogP) is 4.00. The van der Waals surface area contributed by atoms with Crippen LogP contribution in [0.3, 0.4) is 0 Å². The highest BCUT2D eigenvalue weighted by atomic mass is 16.2. The van der Waals surface area contributed by atoms with Gasteiger partial charge in [0.1, 0.15) is 11.3 Å². The molecule has 1 fully saturated rings. The molecule has 2 atom stereocenters. The standard InChI is InChI=1S/C32H33N9O/c1-3-29(42)39-17-16-38(19-21(39)2)20-23-8-7-22-18-24(9-10-25(22)23)41-31(26-6-4-13-34-30(26)33)36-27-11-12-28(37-32(27)41)40-15-5-14-35-40/h3-6,9-15,18,21,23H,1,7-8,16-17,19-20H2,2H3,(H2,33,34)/t21-,23?/m1/s1. The fourth-order valence-corrected chi connectivity index (χ4v) is 6.49. The van der Waals surface area contributed by atoms with Crippen LogP contribution in [-0.4, -0.2) is 77.2 Å². The summed E-state index contributed by atoms with van der Waals surface area (Å²) in [5.74, 6) is 2.32. The molecule has 0 bridgehead atoms. The van der Waals surface area contributed by atoms with Gasteiger partial charge >= 0.3 is 0 Å². The number of imidazole rings is 1. The zero-order valence-electron chi connectivity index (χ0n) is 23.6. The summed E-state index contributed by atoms with van der Waals surface area (Å²) in [6, 6.07) is 16.5. The van der Waals surface area contributed by atoms with Gasteiger partial charge in [-0.2, -0.15) is 5.10 Å². The first-order chi connectivity index (χ1) is 20.5. The number of nitrogen functional groups attached to an aromatic ring is 1. The normalized spacial score (nSPS) is 18.8. The van der Waals surface area contributed by atoms with E-state index in [1.807, 2.05) is 41.4 Å². The van der Waals surface area contributed by atoms with Gasteiger partial charge in [0.2, 0.25) is 5.91 Å². The van der Waals surface area contributed by atoms with E-state index >= 15 is 0 Å². The van der Waals surface area contributed by atoms with Crippen molar-refractivity contribution in [2.24, 2.45) is 0 Å². The van der Waals surface area contributed by atoms with Crippen molar-refractivity contribution in [2.75, 3.05) is 31.9 Å². The molecule has 5 aromatic rings. The van der Waals surface area contributed by atoms with E-state index in [1.165, 1.54) is 17.2 Å². The van der Waals surface area contributed by atoms with E-state index in [1.54, 1.807) is 17.1 Å². The number of hydrogen-bond acceptors (Lipinski definition) is 7. The molecule has 1 aromatic carbocycles. The summed E-state index contributed by atoms with van der Waals surface area (Å²) in [6.45, 7) is 9.27. The van der Waals surface area contributed by atoms with Crippen LogP contribution in [0, 0.1) is 0 Å². The van der Waals surface area contributed by atoms with E-state index in [2.05, 4.69) is 51.3 Å². The van der Waals surface area contributed by atoms with Gasteiger partial charge in [-0.05, 0) is 85.4 Å². The van der Waals surface area contributed by atoms with Crippen molar-refractivity contribution in [1.82, 2.24) is 39.1 Å². The molecule has 0 spiro atoms. The minimum atomic E-state index is 0.0200. The molecule has 2 N–H and O–H groups in total. The second kappa shape index (κ2) is 10.5. The molecule has 10 nitrogen and oxygen atoms in total. The van der Waals surface area contributed by atoms with Crippen LogP contribution in [0.1, 0.15) is 30.4 Å². The lowest BCUT2D eigenvalue weighted by molar-refractivity contribution is -0.130. The molecule has 2 aliphatic rings. The number of fused-ring (bicyclic) bond motifs is 2. The Balaban J connectivity index is 1.23. The number of carbonyl (C=O) groups excluding carboxylic acids is 1. The quantitative estimate of drug-likeness (QED) is 0.313. The van der Waals surface area contributed by atoms with Crippen molar-refractivity contribution in [3.63, 3.8) is 0 Å². The number of aromatic nitrogens is 6. The minimum Gasteiger partial charge on any atom is -0.383 e. The van der Waals surface area contributed by atoms with Gasteiger partial charge < -0.3 is 10.6 Å². The van der Waals surface area contributed by atoms with Gasteiger partial charge in [0, 0.05) is 56.5 Å². The molecule has 10 heteroatoms. The lowest BCUT2D eigenvalue weighted by Crippen LogP contribution is -2.54. The van der Waals surface area contributed by atoms with E-state index < -0.39 is 0 Å². The Morgan fingerprint density at radius 1 is 1.12 bits per heavy atom. The number of nitrogens with zero attached hydrogens (tertiary/aromatic N) is 8. The third-order valence-electron chi connectivity index (χ3n) is 8.54. The van der Waals surface area contributed by atoms with Crippen LogP contribution in [0.2, 0.25) is 0 Å². The molecule has 0 saturated carbocycles. The van der Waals surface area contributed by atoms with Gasteiger partial charge in [-0.1, -0.05) is 12.6 Å². The Hall–Kier alpha value is -4.83. The Labute approximate surface area is 244 Å². The number of anilines is 1. The largest absolute Gasteiger partial charge is 0.383 e. The zero-order valence-corrected chi connectivity index (χ0v) is 23.6. The van der Waals surface area contributed by atoms with Gasteiger partial charge in [0.15, 0.2) is 17.3 Å². The Bertz CT molecular complexity index is 1790. The molecule has 7 rings (SSSR count). The summed E-state index contributed by atoms with van der Waals surface area (Å²) in [6.07, 6.45) is 8.84. The van der Waals surface area contributed by atoms with Crippen molar-refractivity contribution in [3.8, 4) is 22.9 Å². The third kappa shape index (κ3) is 4.53. The van der Waals surface area contributed by atoms with Crippen LogP contribution in [0.4, 0.5) is 5.82 Å². The number of aryl methyl sites for hydroxylation is 1. The van der Waals surface area contributed by atoms with Crippen LogP contribution in [0.5, 0.6) is 0 Å². The molecule has 5 heterocycles. The molecule has 212 valence electrons. The number of amides is 1. The summed E-state index contributed by atoms with van der Waals surface area (Å²) in [5.41, 5.74) is 12.3. The van der Waals surface area contributed by atoms with E-state index in [0.29, 0.717) is 23.4 Å². The van der Waals surface area contributed by atoms with Crippen LogP contribution in [0.15, 0.2) is 79.8 Å². The SMILES string of the molecule is C=CC(=O)N1CCN(CC2CCc3cc(-n4c(-c5cccnc5N)nc5ccc(-n6cccn6)nc54)ccc32)C[C@H]1C. The van der Waals surface area contributed by atoms with Gasteiger partial charge in [-0.25, -0.2) is 19.6 Å². The number of nitrogens with two attached hydrogens (primary N) is 1. The summed E-state index contributed by atoms with van der Waals surface area (Å²) < 4.78 is 3.83. The maximum Gasteiger partial charge on any atom is 0.246 e. The first-order valence-electron chi connectivity index (χ1n) is 14.4. The molecule has 42 heavy (non-hydrogen) atoms. The third-order valence-corrected chi connectivity index (χ3v) is 8.54. The van der Waals surface area contributed by atoms with Crippen molar-refractivity contribution in [2.45, 2.75) is 31.7 Å². The van der Waals surface area contributed by atoms with Crippen LogP contribution < -0.4 is 5.73 Å². The van der Waals surface area contributed by atoms with Crippen molar-refractivity contribution >= 4 is 22.9 Å². The topological polar surface area (TPSA) is 111 Å². The number of carbonyl (C=O) groups is 1. The molecule has 1 saturated heterocycles. The average Bonchev–Trinajstić information content (AvgIpc) is 3.76. The molecule has 0 radical (unpaired) electrons. The molecular weight excluding hydrogens is 526 g/mol. The maximum atomic E-state index is 12.2. The monoisotopic (exact) mass is 559 g/mol. The first-order valence-corrected chi connectivity index (χ1v) is 14.4. The van der Waals surface area contributed by atoms with E-state index in [0.717, 1.165) is 61.4 Å². The molecule has 4 aromatic heterocycles. The molecule has 1 aliphatic heterocycles. The van der Waals surface area contributed by atoms with Crippen LogP contribution >= 0.6 is 0 Å². The molecule has 1 aliphatic carbocycles. The lowest BCUT2D eigenvalue weighted by atomic mass is 9.99. The van der Waals surface area contributed by atoms with E-state index in [4.69, 9.17) is 15.7 Å².